The summed E-state index contributed by atoms with van der Waals surface area (Å²) in [5.74, 6) is 2.18. The lowest BCUT2D eigenvalue weighted by molar-refractivity contribution is 0.220. The largest absolute Gasteiger partial charge is 0.381 e. The van der Waals surface area contributed by atoms with E-state index in [0.717, 1.165) is 24.8 Å². The Kier molecular flexibility index (Phi) is 3.73. The van der Waals surface area contributed by atoms with Crippen LogP contribution in [0.4, 0.5) is 11.6 Å². The molecule has 1 atom stereocenters. The molecular weight excluding hydrogens is 224 g/mol. The Morgan fingerprint density at radius 3 is 2.56 bits per heavy atom. The van der Waals surface area contributed by atoms with Gasteiger partial charge in [0, 0.05) is 25.5 Å². The minimum Gasteiger partial charge on any atom is -0.381 e. The molecule has 4 nitrogen and oxygen atoms in total. The minimum absolute atomic E-state index is 0.393. The van der Waals surface area contributed by atoms with Gasteiger partial charge in [-0.15, -0.1) is 0 Å². The SMILES string of the molecule is CC(C)(C)C1CCCN(c2nccnc2N)CC1. The number of nitrogens with two attached hydrogens (primary N) is 1. The number of nitrogens with zero attached hydrogens (tertiary/aromatic N) is 3. The van der Waals surface area contributed by atoms with Crippen molar-refractivity contribution >= 4 is 11.6 Å². The topological polar surface area (TPSA) is 55.0 Å². The van der Waals surface area contributed by atoms with E-state index in [1.165, 1.54) is 19.3 Å². The number of hydrogen-bond acceptors (Lipinski definition) is 4. The quantitative estimate of drug-likeness (QED) is 0.830. The summed E-state index contributed by atoms with van der Waals surface area (Å²) >= 11 is 0. The van der Waals surface area contributed by atoms with Crippen LogP contribution in [0.25, 0.3) is 0 Å². The van der Waals surface area contributed by atoms with Gasteiger partial charge < -0.3 is 10.6 Å². The predicted molar refractivity (Wildman–Crippen MR) is 75.5 cm³/mol. The summed E-state index contributed by atoms with van der Waals surface area (Å²) in [4.78, 5) is 10.8. The van der Waals surface area contributed by atoms with Crippen LogP contribution < -0.4 is 10.6 Å². The molecule has 0 radical (unpaired) electrons. The van der Waals surface area contributed by atoms with Crippen LogP contribution in [0.15, 0.2) is 12.4 Å². The molecule has 100 valence electrons. The second-order valence-electron chi connectivity index (χ2n) is 6.25. The molecule has 1 unspecified atom stereocenters. The van der Waals surface area contributed by atoms with Gasteiger partial charge in [0.05, 0.1) is 0 Å². The standard InChI is InChI=1S/C14H24N4/c1-14(2,3)11-5-4-9-18(10-6-11)13-12(15)16-7-8-17-13/h7-8,11H,4-6,9-10H2,1-3H3,(H2,15,16). The molecule has 0 bridgehead atoms. The maximum atomic E-state index is 5.91. The summed E-state index contributed by atoms with van der Waals surface area (Å²) in [5, 5.41) is 0. The van der Waals surface area contributed by atoms with E-state index in [4.69, 9.17) is 5.73 Å². The van der Waals surface area contributed by atoms with Crippen molar-refractivity contribution in [3.63, 3.8) is 0 Å². The molecule has 4 heteroatoms. The molecule has 2 N–H and O–H groups in total. The molecule has 0 aromatic carbocycles. The van der Waals surface area contributed by atoms with Gasteiger partial charge in [0.1, 0.15) is 0 Å². The lowest BCUT2D eigenvalue weighted by Crippen LogP contribution is -2.27. The summed E-state index contributed by atoms with van der Waals surface area (Å²) in [5.41, 5.74) is 6.30. The van der Waals surface area contributed by atoms with E-state index in [0.29, 0.717) is 11.2 Å². The average molecular weight is 248 g/mol. The van der Waals surface area contributed by atoms with E-state index in [1.807, 2.05) is 0 Å². The highest BCUT2D eigenvalue weighted by molar-refractivity contribution is 5.57. The van der Waals surface area contributed by atoms with Gasteiger partial charge in [-0.25, -0.2) is 9.97 Å². The predicted octanol–water partition coefficient (Wildman–Crippen LogP) is 2.71. The van der Waals surface area contributed by atoms with Crippen LogP contribution in [0, 0.1) is 11.3 Å². The maximum absolute atomic E-state index is 5.91. The van der Waals surface area contributed by atoms with Crippen LogP contribution in [0.3, 0.4) is 0 Å². The van der Waals surface area contributed by atoms with Gasteiger partial charge >= 0.3 is 0 Å². The molecule has 0 amide bonds. The first-order valence-electron chi connectivity index (χ1n) is 6.80. The fourth-order valence-corrected chi connectivity index (χ4v) is 2.76. The zero-order valence-corrected chi connectivity index (χ0v) is 11.7. The van der Waals surface area contributed by atoms with Crippen LogP contribution in [0.2, 0.25) is 0 Å². The lowest BCUT2D eigenvalue weighted by Gasteiger charge is -2.30. The van der Waals surface area contributed by atoms with Gasteiger partial charge in [0.25, 0.3) is 0 Å². The summed E-state index contributed by atoms with van der Waals surface area (Å²) < 4.78 is 0. The molecule has 0 aliphatic carbocycles. The van der Waals surface area contributed by atoms with E-state index >= 15 is 0 Å². The Hall–Kier alpha value is -1.32. The summed E-state index contributed by atoms with van der Waals surface area (Å²) in [7, 11) is 0. The Bertz CT molecular complexity index is 397. The molecular formula is C14H24N4. The van der Waals surface area contributed by atoms with Crippen LogP contribution >= 0.6 is 0 Å². The molecule has 1 aromatic heterocycles. The van der Waals surface area contributed by atoms with Crippen LogP contribution in [0.5, 0.6) is 0 Å². The number of anilines is 2. The van der Waals surface area contributed by atoms with E-state index in [2.05, 4.69) is 35.6 Å². The highest BCUT2D eigenvalue weighted by atomic mass is 15.2. The van der Waals surface area contributed by atoms with Crippen LogP contribution in [0.1, 0.15) is 40.0 Å². The van der Waals surface area contributed by atoms with E-state index in [9.17, 15) is 0 Å². The third-order valence-corrected chi connectivity index (χ3v) is 3.96. The van der Waals surface area contributed by atoms with Gasteiger partial charge in [-0.05, 0) is 30.6 Å². The van der Waals surface area contributed by atoms with Crippen molar-refractivity contribution in [1.29, 1.82) is 0 Å². The Morgan fingerprint density at radius 2 is 1.89 bits per heavy atom. The molecule has 1 aliphatic rings. The first-order chi connectivity index (χ1) is 8.48. The van der Waals surface area contributed by atoms with Crippen molar-refractivity contribution in [2.45, 2.75) is 40.0 Å². The Labute approximate surface area is 110 Å². The van der Waals surface area contributed by atoms with Crippen molar-refractivity contribution in [2.24, 2.45) is 11.3 Å². The molecule has 1 fully saturated rings. The highest BCUT2D eigenvalue weighted by Gasteiger charge is 2.27. The minimum atomic E-state index is 0.393. The fourth-order valence-electron chi connectivity index (χ4n) is 2.76. The molecule has 1 saturated heterocycles. The number of hydrogen-bond donors (Lipinski definition) is 1. The van der Waals surface area contributed by atoms with Crippen molar-refractivity contribution in [1.82, 2.24) is 9.97 Å². The molecule has 0 spiro atoms. The third-order valence-electron chi connectivity index (χ3n) is 3.96. The molecule has 0 saturated carbocycles. The van der Waals surface area contributed by atoms with E-state index in [-0.39, 0.29) is 0 Å². The van der Waals surface area contributed by atoms with Crippen molar-refractivity contribution in [3.05, 3.63) is 12.4 Å². The Morgan fingerprint density at radius 1 is 1.17 bits per heavy atom. The van der Waals surface area contributed by atoms with E-state index < -0.39 is 0 Å². The van der Waals surface area contributed by atoms with Crippen molar-refractivity contribution in [3.8, 4) is 0 Å². The third kappa shape index (κ3) is 2.92. The first-order valence-corrected chi connectivity index (χ1v) is 6.80. The normalized spacial score (nSPS) is 21.7. The molecule has 1 aliphatic heterocycles. The van der Waals surface area contributed by atoms with Crippen molar-refractivity contribution < 1.29 is 0 Å². The van der Waals surface area contributed by atoms with Gasteiger partial charge in [0.15, 0.2) is 11.6 Å². The number of aromatic nitrogens is 2. The first kappa shape index (κ1) is 13.1. The average Bonchev–Trinajstić information content (AvgIpc) is 2.54. The van der Waals surface area contributed by atoms with Gasteiger partial charge in [-0.1, -0.05) is 20.8 Å². The second kappa shape index (κ2) is 5.12. The number of nitrogen functional groups attached to an aromatic ring is 1. The molecule has 18 heavy (non-hydrogen) atoms. The molecule has 1 aromatic rings. The lowest BCUT2D eigenvalue weighted by atomic mass is 9.77. The zero-order valence-electron chi connectivity index (χ0n) is 11.7. The zero-order chi connectivity index (χ0) is 13.2. The summed E-state index contributed by atoms with van der Waals surface area (Å²) in [6, 6.07) is 0. The highest BCUT2D eigenvalue weighted by Crippen LogP contribution is 2.35. The monoisotopic (exact) mass is 248 g/mol. The number of rotatable bonds is 1. The maximum Gasteiger partial charge on any atom is 0.171 e. The van der Waals surface area contributed by atoms with Crippen LogP contribution in [-0.4, -0.2) is 23.1 Å². The summed E-state index contributed by atoms with van der Waals surface area (Å²) in [6.07, 6.45) is 7.07. The van der Waals surface area contributed by atoms with Gasteiger partial charge in [-0.3, -0.25) is 0 Å². The van der Waals surface area contributed by atoms with Gasteiger partial charge in [0.2, 0.25) is 0 Å². The van der Waals surface area contributed by atoms with Gasteiger partial charge in [-0.2, -0.15) is 0 Å². The smallest absolute Gasteiger partial charge is 0.171 e. The fraction of sp³-hybridized carbons (Fsp3) is 0.714. The van der Waals surface area contributed by atoms with Crippen molar-refractivity contribution in [2.75, 3.05) is 23.7 Å². The Balaban J connectivity index is 2.08. The second-order valence-corrected chi connectivity index (χ2v) is 6.25. The van der Waals surface area contributed by atoms with E-state index in [1.54, 1.807) is 12.4 Å². The molecule has 2 heterocycles. The summed E-state index contributed by atoms with van der Waals surface area (Å²) in [6.45, 7) is 9.08. The van der Waals surface area contributed by atoms with Crippen LogP contribution in [-0.2, 0) is 0 Å². The molecule has 2 rings (SSSR count).